The van der Waals surface area contributed by atoms with Crippen LogP contribution in [0.1, 0.15) is 30.9 Å². The van der Waals surface area contributed by atoms with Crippen LogP contribution in [0.25, 0.3) is 6.08 Å². The van der Waals surface area contributed by atoms with Crippen molar-refractivity contribution in [1.29, 1.82) is 10.8 Å². The zero-order chi connectivity index (χ0) is 21.5. The summed E-state index contributed by atoms with van der Waals surface area (Å²) in [7, 11) is 2.06. The normalized spacial score (nSPS) is 13.3. The van der Waals surface area contributed by atoms with E-state index in [9.17, 15) is 0 Å². The van der Waals surface area contributed by atoms with E-state index in [1.54, 1.807) is 0 Å². The lowest BCUT2D eigenvalue weighted by Crippen LogP contribution is -2.40. The van der Waals surface area contributed by atoms with Crippen LogP contribution in [0.5, 0.6) is 5.75 Å². The Morgan fingerprint density at radius 3 is 2.30 bits per heavy atom. The minimum atomic E-state index is 0. The number of ether oxygens (including phenoxy) is 1. The molecular formula is C24H34Cl3N5O. The summed E-state index contributed by atoms with van der Waals surface area (Å²) in [4.78, 5) is 4.27. The third kappa shape index (κ3) is 9.16. The van der Waals surface area contributed by atoms with Gasteiger partial charge in [-0.05, 0) is 42.8 Å². The highest BCUT2D eigenvalue weighted by Gasteiger charge is 2.20. The Kier molecular flexibility index (Phi) is 13.6. The molecule has 6 nitrogen and oxygen atoms in total. The summed E-state index contributed by atoms with van der Waals surface area (Å²) < 4.78 is 6.13. The Morgan fingerprint density at radius 1 is 1.09 bits per heavy atom. The molecule has 0 saturated carbocycles. The number of anilines is 1. The van der Waals surface area contributed by atoms with Gasteiger partial charge in [0.05, 0.1) is 5.84 Å². The highest BCUT2D eigenvalue weighted by molar-refractivity contribution is 5.95. The molecule has 1 saturated heterocycles. The van der Waals surface area contributed by atoms with Gasteiger partial charge in [-0.3, -0.25) is 10.8 Å². The van der Waals surface area contributed by atoms with E-state index in [1.165, 1.54) is 0 Å². The van der Waals surface area contributed by atoms with E-state index < -0.39 is 0 Å². The minimum Gasteiger partial charge on any atom is -0.490 e. The fourth-order valence-corrected chi connectivity index (χ4v) is 3.54. The lowest BCUT2D eigenvalue weighted by Gasteiger charge is -2.32. The number of halogens is 3. The minimum absolute atomic E-state index is 0. The average Bonchev–Trinajstić information content (AvgIpc) is 2.75. The number of rotatable bonds is 7. The number of nitrogen functional groups attached to an aromatic ring is 1. The van der Waals surface area contributed by atoms with Crippen molar-refractivity contribution in [2.75, 3.05) is 31.6 Å². The number of likely N-dealkylation sites (N-methyl/N-ethyl adjacent to an activating group) is 1. The number of hydrogen-bond acceptors (Lipinski definition) is 4. The van der Waals surface area contributed by atoms with Crippen molar-refractivity contribution in [2.45, 2.75) is 25.9 Å². The molecule has 0 atom stereocenters. The summed E-state index contributed by atoms with van der Waals surface area (Å²) in [5, 5.41) is 15.3. The molecule has 1 aliphatic rings. The lowest BCUT2D eigenvalue weighted by atomic mass is 10.1. The monoisotopic (exact) mass is 513 g/mol. The SMILES string of the molecule is CC(=N)N1CCC(Oc2ccc(N(C)C/C=C/c3cccc(C(=N)N)c3)cc2)CC1.Cl.Cl.Cl. The predicted molar refractivity (Wildman–Crippen MR) is 147 cm³/mol. The number of piperidine rings is 1. The van der Waals surface area contributed by atoms with Crippen molar-refractivity contribution in [1.82, 2.24) is 4.90 Å². The van der Waals surface area contributed by atoms with Crippen molar-refractivity contribution in [2.24, 2.45) is 5.73 Å². The summed E-state index contributed by atoms with van der Waals surface area (Å²) in [5.41, 5.74) is 8.45. The summed E-state index contributed by atoms with van der Waals surface area (Å²) in [6.07, 6.45) is 6.27. The highest BCUT2D eigenvalue weighted by atomic mass is 35.5. The van der Waals surface area contributed by atoms with Crippen molar-refractivity contribution in [3.05, 3.63) is 65.7 Å². The number of benzene rings is 2. The van der Waals surface area contributed by atoms with Gasteiger partial charge in [0.1, 0.15) is 17.7 Å². The molecule has 0 aliphatic carbocycles. The van der Waals surface area contributed by atoms with E-state index in [1.807, 2.05) is 49.4 Å². The maximum atomic E-state index is 7.72. The summed E-state index contributed by atoms with van der Waals surface area (Å²) in [5.74, 6) is 1.62. The van der Waals surface area contributed by atoms with Gasteiger partial charge in [-0.1, -0.05) is 30.4 Å². The van der Waals surface area contributed by atoms with Gasteiger partial charge in [0, 0.05) is 50.8 Å². The molecule has 2 aromatic carbocycles. The van der Waals surface area contributed by atoms with Crippen molar-refractivity contribution >= 4 is 60.7 Å². The van der Waals surface area contributed by atoms with Crippen molar-refractivity contribution in [3.8, 4) is 5.75 Å². The van der Waals surface area contributed by atoms with Crippen LogP contribution in [-0.2, 0) is 0 Å². The van der Waals surface area contributed by atoms with Crippen LogP contribution < -0.4 is 15.4 Å². The molecule has 33 heavy (non-hydrogen) atoms. The van der Waals surface area contributed by atoms with Crippen LogP contribution >= 0.6 is 37.2 Å². The van der Waals surface area contributed by atoms with Crippen LogP contribution in [0.3, 0.4) is 0 Å². The van der Waals surface area contributed by atoms with E-state index in [-0.39, 0.29) is 49.2 Å². The van der Waals surface area contributed by atoms with Crippen LogP contribution in [0.2, 0.25) is 0 Å². The van der Waals surface area contributed by atoms with Gasteiger partial charge in [0.25, 0.3) is 0 Å². The summed E-state index contributed by atoms with van der Waals surface area (Å²) in [6, 6.07) is 15.9. The fourth-order valence-electron chi connectivity index (χ4n) is 3.54. The number of nitrogens with two attached hydrogens (primary N) is 1. The zero-order valence-electron chi connectivity index (χ0n) is 19.0. The molecule has 0 spiro atoms. The molecule has 0 aromatic heterocycles. The number of nitrogens with zero attached hydrogens (tertiary/aromatic N) is 2. The molecule has 9 heteroatoms. The Bertz CT molecular complexity index is 913. The largest absolute Gasteiger partial charge is 0.490 e. The van der Waals surface area contributed by atoms with Crippen LogP contribution in [0.4, 0.5) is 5.69 Å². The molecule has 1 aliphatic heterocycles. The highest BCUT2D eigenvalue weighted by Crippen LogP contribution is 2.22. The molecule has 0 bridgehead atoms. The second-order valence-electron chi connectivity index (χ2n) is 7.71. The average molecular weight is 515 g/mol. The molecule has 182 valence electrons. The Hall–Kier alpha value is -2.41. The van der Waals surface area contributed by atoms with Crippen molar-refractivity contribution < 1.29 is 4.74 Å². The number of hydrogen-bond donors (Lipinski definition) is 3. The van der Waals surface area contributed by atoms with E-state index in [0.717, 1.165) is 55.0 Å². The number of nitrogens with one attached hydrogen (secondary N) is 2. The zero-order valence-corrected chi connectivity index (χ0v) is 21.4. The number of amidine groups is 2. The van der Waals surface area contributed by atoms with E-state index in [4.69, 9.17) is 21.3 Å². The molecule has 0 radical (unpaired) electrons. The Morgan fingerprint density at radius 2 is 1.73 bits per heavy atom. The Balaban J connectivity index is 0.00000341. The predicted octanol–water partition coefficient (Wildman–Crippen LogP) is 5.23. The topological polar surface area (TPSA) is 89.4 Å². The van der Waals surface area contributed by atoms with Crippen molar-refractivity contribution in [3.63, 3.8) is 0 Å². The molecule has 1 heterocycles. The third-order valence-electron chi connectivity index (χ3n) is 5.38. The first-order chi connectivity index (χ1) is 14.4. The lowest BCUT2D eigenvalue weighted by molar-refractivity contribution is 0.130. The number of likely N-dealkylation sites (tertiary alicyclic amines) is 1. The smallest absolute Gasteiger partial charge is 0.122 e. The first-order valence-electron chi connectivity index (χ1n) is 10.3. The molecule has 2 aromatic rings. The quantitative estimate of drug-likeness (QED) is 0.349. The summed E-state index contributed by atoms with van der Waals surface area (Å²) in [6.45, 7) is 4.39. The first kappa shape index (κ1) is 30.6. The van der Waals surface area contributed by atoms with Gasteiger partial charge in [-0.15, -0.1) is 37.2 Å². The third-order valence-corrected chi connectivity index (χ3v) is 5.38. The standard InChI is InChI=1S/C24H31N5O.3ClH/c1-18(25)29-15-12-23(13-16-29)30-22-10-8-21(9-11-22)28(2)14-4-6-19-5-3-7-20(17-19)24(26)27;;;/h3-11,17,23,25H,12-16H2,1-2H3,(H3,26,27);3*1H/b6-4+,25-18?;;;. The Labute approximate surface area is 215 Å². The second-order valence-corrected chi connectivity index (χ2v) is 7.71. The maximum Gasteiger partial charge on any atom is 0.122 e. The molecule has 0 amide bonds. The maximum absolute atomic E-state index is 7.72. The molecular weight excluding hydrogens is 481 g/mol. The molecule has 4 N–H and O–H groups in total. The van der Waals surface area contributed by atoms with Gasteiger partial charge in [0.2, 0.25) is 0 Å². The van der Waals surface area contributed by atoms with Gasteiger partial charge >= 0.3 is 0 Å². The van der Waals surface area contributed by atoms with E-state index in [0.29, 0.717) is 5.84 Å². The second kappa shape index (κ2) is 14.7. The van der Waals surface area contributed by atoms with Crippen LogP contribution in [0, 0.1) is 10.8 Å². The summed E-state index contributed by atoms with van der Waals surface area (Å²) >= 11 is 0. The van der Waals surface area contributed by atoms with Crippen LogP contribution in [-0.4, -0.2) is 49.4 Å². The molecule has 3 rings (SSSR count). The van der Waals surface area contributed by atoms with Gasteiger partial charge in [-0.2, -0.15) is 0 Å². The fraction of sp³-hybridized carbons (Fsp3) is 0.333. The molecule has 1 fully saturated rings. The van der Waals surface area contributed by atoms with Gasteiger partial charge in [0.15, 0.2) is 0 Å². The van der Waals surface area contributed by atoms with Crippen LogP contribution in [0.15, 0.2) is 54.6 Å². The molecule has 0 unspecified atom stereocenters. The first-order valence-corrected chi connectivity index (χ1v) is 10.3. The van der Waals surface area contributed by atoms with Gasteiger partial charge < -0.3 is 20.3 Å². The van der Waals surface area contributed by atoms with E-state index >= 15 is 0 Å². The van der Waals surface area contributed by atoms with Gasteiger partial charge in [-0.25, -0.2) is 0 Å². The van der Waals surface area contributed by atoms with E-state index in [2.05, 4.69) is 35.1 Å².